The first-order valence-electron chi connectivity index (χ1n) is 7.23. The van der Waals surface area contributed by atoms with Gasteiger partial charge in [0.2, 0.25) is 0 Å². The van der Waals surface area contributed by atoms with Crippen molar-refractivity contribution in [2.75, 3.05) is 0 Å². The highest BCUT2D eigenvalue weighted by Gasteiger charge is 2.18. The second-order valence-corrected chi connectivity index (χ2v) is 6.25. The second kappa shape index (κ2) is 7.23. The number of hydrogen-bond acceptors (Lipinski definition) is 0. The minimum atomic E-state index is -0.531. The van der Waals surface area contributed by atoms with Crippen molar-refractivity contribution in [1.29, 1.82) is 0 Å². The summed E-state index contributed by atoms with van der Waals surface area (Å²) in [5, 5.41) is -0.0527. The summed E-state index contributed by atoms with van der Waals surface area (Å²) in [6.07, 6.45) is 9.16. The molecule has 0 saturated heterocycles. The Morgan fingerprint density at radius 1 is 1.11 bits per heavy atom. The van der Waals surface area contributed by atoms with E-state index in [-0.39, 0.29) is 5.38 Å². The molecule has 0 spiro atoms. The summed E-state index contributed by atoms with van der Waals surface area (Å²) in [7, 11) is 0. The topological polar surface area (TPSA) is 0 Å². The van der Waals surface area contributed by atoms with Gasteiger partial charge in [-0.3, -0.25) is 0 Å². The summed E-state index contributed by atoms with van der Waals surface area (Å²) in [6.45, 7) is 0. The molecule has 1 fully saturated rings. The van der Waals surface area contributed by atoms with E-state index in [2.05, 4.69) is 0 Å². The van der Waals surface area contributed by atoms with Crippen LogP contribution in [0.15, 0.2) is 18.2 Å². The van der Waals surface area contributed by atoms with Crippen LogP contribution in [0.25, 0.3) is 0 Å². The molecular formula is C16H21ClF2. The highest BCUT2D eigenvalue weighted by molar-refractivity contribution is 6.20. The molecule has 0 nitrogen and oxygen atoms in total. The molecule has 106 valence electrons. The van der Waals surface area contributed by atoms with Crippen molar-refractivity contribution in [3.05, 3.63) is 35.4 Å². The fraction of sp³-hybridized carbons (Fsp3) is 0.625. The van der Waals surface area contributed by atoms with Gasteiger partial charge in [0.25, 0.3) is 0 Å². The van der Waals surface area contributed by atoms with Crippen molar-refractivity contribution in [2.45, 2.75) is 56.7 Å². The number of halogens is 3. The van der Waals surface area contributed by atoms with E-state index in [9.17, 15) is 8.78 Å². The van der Waals surface area contributed by atoms with Crippen LogP contribution in [0.1, 0.15) is 50.5 Å². The molecule has 0 heterocycles. The number of hydrogen-bond donors (Lipinski definition) is 0. The molecule has 1 saturated carbocycles. The minimum Gasteiger partial charge on any atom is -0.207 e. The fourth-order valence-corrected chi connectivity index (χ4v) is 3.39. The predicted octanol–water partition coefficient (Wildman–Crippen LogP) is 5.48. The van der Waals surface area contributed by atoms with Gasteiger partial charge in [-0.2, -0.15) is 0 Å². The molecule has 19 heavy (non-hydrogen) atoms. The fourth-order valence-electron chi connectivity index (χ4n) is 2.97. The largest absolute Gasteiger partial charge is 0.207 e. The smallest absolute Gasteiger partial charge is 0.129 e. The first-order valence-corrected chi connectivity index (χ1v) is 7.67. The summed E-state index contributed by atoms with van der Waals surface area (Å²) in [5.74, 6) is -0.337. The molecule has 1 aliphatic rings. The first-order chi connectivity index (χ1) is 9.15. The quantitative estimate of drug-likeness (QED) is 0.508. The molecular weight excluding hydrogens is 266 g/mol. The van der Waals surface area contributed by atoms with Crippen LogP contribution in [0.2, 0.25) is 0 Å². The van der Waals surface area contributed by atoms with E-state index >= 15 is 0 Å². The van der Waals surface area contributed by atoms with E-state index < -0.39 is 11.6 Å². The minimum absolute atomic E-state index is 0.0527. The van der Waals surface area contributed by atoms with Crippen molar-refractivity contribution in [3.8, 4) is 0 Å². The monoisotopic (exact) mass is 286 g/mol. The molecule has 0 N–H and O–H groups in total. The van der Waals surface area contributed by atoms with Gasteiger partial charge < -0.3 is 0 Å². The third-order valence-electron chi connectivity index (χ3n) is 4.02. The maximum atomic E-state index is 13.6. The van der Waals surface area contributed by atoms with Gasteiger partial charge >= 0.3 is 0 Å². The Morgan fingerprint density at radius 3 is 2.42 bits per heavy atom. The molecule has 1 unspecified atom stereocenters. The molecule has 1 aromatic carbocycles. The number of alkyl halides is 1. The summed E-state index contributed by atoms with van der Waals surface area (Å²) in [4.78, 5) is 0. The zero-order chi connectivity index (χ0) is 13.7. The Hall–Kier alpha value is -0.630. The van der Waals surface area contributed by atoms with Crippen LogP contribution in [0.5, 0.6) is 0 Å². The summed E-state index contributed by atoms with van der Waals surface area (Å²) in [5.41, 5.74) is 0.523. The second-order valence-electron chi connectivity index (χ2n) is 5.63. The van der Waals surface area contributed by atoms with E-state index in [1.807, 2.05) is 0 Å². The molecule has 0 amide bonds. The van der Waals surface area contributed by atoms with Crippen molar-refractivity contribution >= 4 is 11.6 Å². The molecule has 1 atom stereocenters. The van der Waals surface area contributed by atoms with Crippen molar-refractivity contribution in [2.24, 2.45) is 5.92 Å². The van der Waals surface area contributed by atoms with Gasteiger partial charge in [0.05, 0.1) is 0 Å². The van der Waals surface area contributed by atoms with Crippen molar-refractivity contribution < 1.29 is 8.78 Å². The van der Waals surface area contributed by atoms with Crippen LogP contribution in [-0.4, -0.2) is 5.38 Å². The molecule has 3 heteroatoms. The lowest BCUT2D eigenvalue weighted by atomic mass is 9.92. The van der Waals surface area contributed by atoms with Gasteiger partial charge in [0, 0.05) is 11.4 Å². The summed E-state index contributed by atoms with van der Waals surface area (Å²) < 4.78 is 26.4. The molecule has 0 radical (unpaired) electrons. The third-order valence-corrected chi connectivity index (χ3v) is 4.35. The van der Waals surface area contributed by atoms with E-state index in [4.69, 9.17) is 11.6 Å². The highest BCUT2D eigenvalue weighted by Crippen LogP contribution is 2.29. The van der Waals surface area contributed by atoms with Gasteiger partial charge in [0.15, 0.2) is 0 Å². The third kappa shape index (κ3) is 4.76. The Bertz CT molecular complexity index is 398. The molecule has 0 bridgehead atoms. The molecule has 1 aromatic rings. The lowest BCUT2D eigenvalue weighted by molar-refractivity contribution is 0.417. The average molecular weight is 287 g/mol. The predicted molar refractivity (Wildman–Crippen MR) is 75.5 cm³/mol. The van der Waals surface area contributed by atoms with Gasteiger partial charge in [0.1, 0.15) is 11.6 Å². The standard InChI is InChI=1S/C16H21ClF2/c17-14(9-12-5-3-1-2-4-6-12)10-13-7-8-15(18)11-16(13)19/h7-8,11-12,14H,1-6,9-10H2. The van der Waals surface area contributed by atoms with Crippen LogP contribution in [-0.2, 0) is 6.42 Å². The van der Waals surface area contributed by atoms with Crippen LogP contribution in [0.3, 0.4) is 0 Å². The zero-order valence-electron chi connectivity index (χ0n) is 11.2. The molecule has 0 aliphatic heterocycles. The van der Waals surface area contributed by atoms with E-state index in [1.54, 1.807) is 0 Å². The Morgan fingerprint density at radius 2 is 1.79 bits per heavy atom. The van der Waals surface area contributed by atoms with E-state index in [0.717, 1.165) is 12.5 Å². The van der Waals surface area contributed by atoms with Crippen LogP contribution in [0.4, 0.5) is 8.78 Å². The van der Waals surface area contributed by atoms with Crippen molar-refractivity contribution in [3.63, 3.8) is 0 Å². The molecule has 0 aromatic heterocycles. The molecule has 1 aliphatic carbocycles. The SMILES string of the molecule is Fc1ccc(CC(Cl)CC2CCCCCC2)c(F)c1. The number of benzene rings is 1. The lowest BCUT2D eigenvalue weighted by Gasteiger charge is -2.18. The van der Waals surface area contributed by atoms with E-state index in [0.29, 0.717) is 17.9 Å². The first kappa shape index (κ1) is 14.8. The van der Waals surface area contributed by atoms with Crippen LogP contribution < -0.4 is 0 Å². The summed E-state index contributed by atoms with van der Waals surface area (Å²) in [6, 6.07) is 3.74. The zero-order valence-corrected chi connectivity index (χ0v) is 11.9. The maximum absolute atomic E-state index is 13.6. The van der Waals surface area contributed by atoms with Gasteiger partial charge in [-0.05, 0) is 30.4 Å². The number of rotatable bonds is 4. The van der Waals surface area contributed by atoms with Crippen LogP contribution >= 0.6 is 11.6 Å². The lowest BCUT2D eigenvalue weighted by Crippen LogP contribution is -2.12. The van der Waals surface area contributed by atoms with Gasteiger partial charge in [-0.25, -0.2) is 8.78 Å². The Labute approximate surface area is 119 Å². The Kier molecular flexibility index (Phi) is 5.62. The van der Waals surface area contributed by atoms with Crippen LogP contribution in [0, 0.1) is 17.6 Å². The average Bonchev–Trinajstić information content (AvgIpc) is 2.61. The Balaban J connectivity index is 1.87. The van der Waals surface area contributed by atoms with Gasteiger partial charge in [-0.15, -0.1) is 11.6 Å². The normalized spacial score (nSPS) is 19.1. The summed E-state index contributed by atoms with van der Waals surface area (Å²) >= 11 is 6.35. The highest BCUT2D eigenvalue weighted by atomic mass is 35.5. The van der Waals surface area contributed by atoms with E-state index in [1.165, 1.54) is 50.7 Å². The maximum Gasteiger partial charge on any atom is 0.129 e. The van der Waals surface area contributed by atoms with Gasteiger partial charge in [-0.1, -0.05) is 44.6 Å². The molecule has 2 rings (SSSR count). The van der Waals surface area contributed by atoms with Crippen molar-refractivity contribution in [1.82, 2.24) is 0 Å².